The van der Waals surface area contributed by atoms with Gasteiger partial charge in [0.25, 0.3) is 0 Å². The fourth-order valence-corrected chi connectivity index (χ4v) is 5.37. The normalized spacial score (nSPS) is 11.9. The van der Waals surface area contributed by atoms with Gasteiger partial charge in [0.05, 0.1) is 4.90 Å². The van der Waals surface area contributed by atoms with E-state index in [4.69, 9.17) is 0 Å². The largest absolute Gasteiger partial charge is 0.305 e. The van der Waals surface area contributed by atoms with Crippen LogP contribution in [0.15, 0.2) is 58.7 Å². The molecule has 0 aliphatic heterocycles. The van der Waals surface area contributed by atoms with E-state index in [-0.39, 0.29) is 4.90 Å². The maximum atomic E-state index is 12.8. The highest BCUT2D eigenvalue weighted by Crippen LogP contribution is 2.26. The molecule has 1 aromatic carbocycles. The Labute approximate surface area is 176 Å². The van der Waals surface area contributed by atoms with E-state index in [0.717, 1.165) is 28.6 Å². The molecule has 0 unspecified atom stereocenters. The second kappa shape index (κ2) is 9.51. The molecule has 0 saturated heterocycles. The molecule has 2 aromatic heterocycles. The second-order valence-electron chi connectivity index (χ2n) is 6.40. The molecular weight excluding hydrogens is 406 g/mol. The summed E-state index contributed by atoms with van der Waals surface area (Å²) in [4.78, 5) is 4.60. The Bertz CT molecular complexity index is 1050. The SMILES string of the molecule is CCN(CC)S(=O)(=O)c1cccc(-c2nnc(SCCc3ccccn3)n2C)c1. The van der Waals surface area contributed by atoms with E-state index in [0.29, 0.717) is 18.9 Å². The summed E-state index contributed by atoms with van der Waals surface area (Å²) in [7, 11) is -1.63. The molecule has 9 heteroatoms. The summed E-state index contributed by atoms with van der Waals surface area (Å²) in [5.74, 6) is 1.47. The van der Waals surface area contributed by atoms with Crippen molar-refractivity contribution < 1.29 is 8.42 Å². The van der Waals surface area contributed by atoms with E-state index >= 15 is 0 Å². The number of sulfonamides is 1. The minimum atomic E-state index is -3.52. The fraction of sp³-hybridized carbons (Fsp3) is 0.350. The highest BCUT2D eigenvalue weighted by Gasteiger charge is 2.22. The van der Waals surface area contributed by atoms with Gasteiger partial charge in [-0.3, -0.25) is 4.98 Å². The van der Waals surface area contributed by atoms with Crippen molar-refractivity contribution >= 4 is 21.8 Å². The maximum absolute atomic E-state index is 12.8. The van der Waals surface area contributed by atoms with Crippen LogP contribution in [-0.4, -0.2) is 51.3 Å². The molecule has 0 aliphatic rings. The predicted octanol–water partition coefficient (Wildman–Crippen LogP) is 3.24. The molecule has 0 amide bonds. The first-order valence-electron chi connectivity index (χ1n) is 9.50. The smallest absolute Gasteiger partial charge is 0.243 e. The molecule has 154 valence electrons. The predicted molar refractivity (Wildman–Crippen MR) is 115 cm³/mol. The van der Waals surface area contributed by atoms with Crippen molar-refractivity contribution in [3.63, 3.8) is 0 Å². The second-order valence-corrected chi connectivity index (χ2v) is 9.40. The van der Waals surface area contributed by atoms with Gasteiger partial charge in [-0.25, -0.2) is 8.42 Å². The van der Waals surface area contributed by atoms with E-state index in [1.54, 1.807) is 36.2 Å². The first-order chi connectivity index (χ1) is 14.0. The molecule has 0 spiro atoms. The van der Waals surface area contributed by atoms with Crippen LogP contribution in [0.3, 0.4) is 0 Å². The Kier molecular flexibility index (Phi) is 7.05. The van der Waals surface area contributed by atoms with Gasteiger partial charge < -0.3 is 4.57 Å². The van der Waals surface area contributed by atoms with Crippen molar-refractivity contribution in [1.82, 2.24) is 24.1 Å². The monoisotopic (exact) mass is 431 g/mol. The Balaban J connectivity index is 1.78. The van der Waals surface area contributed by atoms with Gasteiger partial charge in [-0.15, -0.1) is 10.2 Å². The van der Waals surface area contributed by atoms with Crippen LogP contribution in [-0.2, 0) is 23.5 Å². The minimum absolute atomic E-state index is 0.269. The maximum Gasteiger partial charge on any atom is 0.243 e. The number of nitrogens with zero attached hydrogens (tertiary/aromatic N) is 5. The topological polar surface area (TPSA) is 81.0 Å². The summed E-state index contributed by atoms with van der Waals surface area (Å²) in [5, 5.41) is 9.35. The van der Waals surface area contributed by atoms with Crippen molar-refractivity contribution in [1.29, 1.82) is 0 Å². The highest BCUT2D eigenvalue weighted by molar-refractivity contribution is 7.99. The molecule has 7 nitrogen and oxygen atoms in total. The Morgan fingerprint density at radius 3 is 2.55 bits per heavy atom. The summed E-state index contributed by atoms with van der Waals surface area (Å²) in [6.07, 6.45) is 2.63. The molecule has 0 saturated carbocycles. The first kappa shape index (κ1) is 21.5. The molecule has 29 heavy (non-hydrogen) atoms. The van der Waals surface area contributed by atoms with Crippen molar-refractivity contribution in [3.05, 3.63) is 54.4 Å². The van der Waals surface area contributed by atoms with Gasteiger partial charge in [-0.1, -0.05) is 43.8 Å². The Morgan fingerprint density at radius 2 is 1.86 bits per heavy atom. The standard InChI is InChI=1S/C20H25N5O2S2/c1-4-25(5-2)29(26,27)18-11-8-9-16(15-18)19-22-23-20(24(19)3)28-14-12-17-10-6-7-13-21-17/h6-11,13,15H,4-5,12,14H2,1-3H3. The summed E-state index contributed by atoms with van der Waals surface area (Å²) < 4.78 is 29.0. The van der Waals surface area contributed by atoms with Gasteiger partial charge in [0.1, 0.15) is 0 Å². The van der Waals surface area contributed by atoms with Crippen LogP contribution in [0.5, 0.6) is 0 Å². The quantitative estimate of drug-likeness (QED) is 0.484. The van der Waals surface area contributed by atoms with Gasteiger partial charge in [-0.05, 0) is 30.7 Å². The van der Waals surface area contributed by atoms with Crippen LogP contribution in [0.4, 0.5) is 0 Å². The number of pyridine rings is 1. The molecule has 0 radical (unpaired) electrons. The lowest BCUT2D eigenvalue weighted by Crippen LogP contribution is -2.30. The van der Waals surface area contributed by atoms with E-state index in [2.05, 4.69) is 15.2 Å². The van der Waals surface area contributed by atoms with E-state index in [1.165, 1.54) is 4.31 Å². The molecule has 0 fully saturated rings. The van der Waals surface area contributed by atoms with Gasteiger partial charge in [-0.2, -0.15) is 4.31 Å². The lowest BCUT2D eigenvalue weighted by Gasteiger charge is -2.18. The zero-order valence-corrected chi connectivity index (χ0v) is 18.4. The Morgan fingerprint density at radius 1 is 1.07 bits per heavy atom. The van der Waals surface area contributed by atoms with Crippen LogP contribution < -0.4 is 0 Å². The highest BCUT2D eigenvalue weighted by atomic mass is 32.2. The summed E-state index contributed by atoms with van der Waals surface area (Å²) >= 11 is 1.60. The van der Waals surface area contributed by atoms with Crippen molar-refractivity contribution in [2.45, 2.75) is 30.3 Å². The number of hydrogen-bond donors (Lipinski definition) is 0. The van der Waals surface area contributed by atoms with Crippen LogP contribution in [0.25, 0.3) is 11.4 Å². The molecule has 0 bridgehead atoms. The summed E-state index contributed by atoms with van der Waals surface area (Å²) in [5.41, 5.74) is 1.77. The van der Waals surface area contributed by atoms with Crippen LogP contribution in [0, 0.1) is 0 Å². The zero-order chi connectivity index (χ0) is 20.9. The van der Waals surface area contributed by atoms with Crippen LogP contribution in [0.1, 0.15) is 19.5 Å². The molecular formula is C20H25N5O2S2. The number of hydrogen-bond acceptors (Lipinski definition) is 6. The van der Waals surface area contributed by atoms with E-state index < -0.39 is 10.0 Å². The minimum Gasteiger partial charge on any atom is -0.305 e. The lowest BCUT2D eigenvalue weighted by atomic mass is 10.2. The third kappa shape index (κ3) is 4.85. The number of rotatable bonds is 9. The number of benzene rings is 1. The van der Waals surface area contributed by atoms with Crippen molar-refractivity contribution in [2.24, 2.45) is 7.05 Å². The molecule has 3 aromatic rings. The Hall–Kier alpha value is -2.23. The van der Waals surface area contributed by atoms with Crippen molar-refractivity contribution in [3.8, 4) is 11.4 Å². The molecule has 2 heterocycles. The molecule has 0 atom stereocenters. The van der Waals surface area contributed by atoms with E-state index in [9.17, 15) is 8.42 Å². The van der Waals surface area contributed by atoms with Crippen LogP contribution >= 0.6 is 11.8 Å². The van der Waals surface area contributed by atoms with Crippen LogP contribution in [0.2, 0.25) is 0 Å². The lowest BCUT2D eigenvalue weighted by molar-refractivity contribution is 0.445. The molecule has 3 rings (SSSR count). The zero-order valence-electron chi connectivity index (χ0n) is 16.8. The number of thioether (sulfide) groups is 1. The number of aryl methyl sites for hydroxylation is 1. The van der Waals surface area contributed by atoms with Gasteiger partial charge in [0, 0.05) is 43.3 Å². The molecule has 0 aliphatic carbocycles. The summed E-state index contributed by atoms with van der Waals surface area (Å²) in [6.45, 7) is 4.54. The molecule has 0 N–H and O–H groups in total. The van der Waals surface area contributed by atoms with Gasteiger partial charge in [0.2, 0.25) is 10.0 Å². The average Bonchev–Trinajstić information content (AvgIpc) is 3.10. The fourth-order valence-electron chi connectivity index (χ4n) is 2.99. The van der Waals surface area contributed by atoms with Gasteiger partial charge in [0.15, 0.2) is 11.0 Å². The first-order valence-corrected chi connectivity index (χ1v) is 11.9. The summed E-state index contributed by atoms with van der Waals surface area (Å²) in [6, 6.07) is 12.8. The average molecular weight is 432 g/mol. The third-order valence-electron chi connectivity index (χ3n) is 4.59. The number of aromatic nitrogens is 4. The third-order valence-corrected chi connectivity index (χ3v) is 7.65. The van der Waals surface area contributed by atoms with Crippen molar-refractivity contribution in [2.75, 3.05) is 18.8 Å². The van der Waals surface area contributed by atoms with Gasteiger partial charge >= 0.3 is 0 Å². The van der Waals surface area contributed by atoms with E-state index in [1.807, 2.05) is 49.7 Å².